The van der Waals surface area contributed by atoms with Crippen LogP contribution in [0, 0.1) is 0 Å². The van der Waals surface area contributed by atoms with E-state index in [1.165, 1.54) is 32.4 Å². The topological polar surface area (TPSA) is 23.5 Å². The third-order valence-electron chi connectivity index (χ3n) is 3.33. The van der Waals surface area contributed by atoms with E-state index in [0.717, 1.165) is 24.9 Å². The van der Waals surface area contributed by atoms with Gasteiger partial charge in [-0.25, -0.2) is 0 Å². The number of thiophene rings is 1. The molecule has 0 amide bonds. The fourth-order valence-electron chi connectivity index (χ4n) is 2.32. The van der Waals surface area contributed by atoms with Crippen LogP contribution in [-0.4, -0.2) is 29.6 Å². The van der Waals surface area contributed by atoms with Crippen LogP contribution >= 0.6 is 11.3 Å². The first kappa shape index (κ1) is 12.1. The molecule has 3 heteroatoms. The Hall–Kier alpha value is -0.380. The minimum Gasteiger partial charge on any atom is -0.388 e. The van der Waals surface area contributed by atoms with Crippen molar-refractivity contribution < 1.29 is 5.11 Å². The van der Waals surface area contributed by atoms with Gasteiger partial charge in [-0.05, 0) is 67.7 Å². The van der Waals surface area contributed by atoms with E-state index in [1.807, 2.05) is 16.8 Å². The quantitative estimate of drug-likeness (QED) is 0.853. The van der Waals surface area contributed by atoms with Crippen LogP contribution in [0.3, 0.4) is 0 Å². The average Bonchev–Trinajstić information content (AvgIpc) is 2.84. The van der Waals surface area contributed by atoms with Crippen molar-refractivity contribution in [2.75, 3.05) is 19.6 Å². The zero-order valence-corrected chi connectivity index (χ0v) is 10.6. The molecule has 0 aliphatic carbocycles. The number of hydrogen-bond acceptors (Lipinski definition) is 3. The second-order valence-corrected chi connectivity index (χ2v) is 5.40. The lowest BCUT2D eigenvalue weighted by Gasteiger charge is -2.26. The molecule has 1 atom stereocenters. The van der Waals surface area contributed by atoms with Crippen molar-refractivity contribution in [1.82, 2.24) is 4.90 Å². The second-order valence-electron chi connectivity index (χ2n) is 4.62. The van der Waals surface area contributed by atoms with Gasteiger partial charge in [0.25, 0.3) is 0 Å². The highest BCUT2D eigenvalue weighted by atomic mass is 32.1. The Bertz CT molecular complexity index is 280. The summed E-state index contributed by atoms with van der Waals surface area (Å²) in [4.78, 5) is 2.53. The predicted molar refractivity (Wildman–Crippen MR) is 68.8 cm³/mol. The number of nitrogens with zero attached hydrogens (tertiary/aromatic N) is 1. The molecule has 1 unspecified atom stereocenters. The summed E-state index contributed by atoms with van der Waals surface area (Å²) in [6.07, 6.45) is 5.86. The van der Waals surface area contributed by atoms with Crippen LogP contribution in [0.15, 0.2) is 16.8 Å². The molecular formula is C13H21NOS. The Morgan fingerprint density at radius 3 is 2.81 bits per heavy atom. The maximum Gasteiger partial charge on any atom is 0.0798 e. The van der Waals surface area contributed by atoms with Gasteiger partial charge in [-0.2, -0.15) is 11.3 Å². The van der Waals surface area contributed by atoms with Crippen LogP contribution in [0.25, 0.3) is 0 Å². The maximum atomic E-state index is 9.93. The summed E-state index contributed by atoms with van der Waals surface area (Å²) in [7, 11) is 0. The molecule has 1 fully saturated rings. The number of aliphatic hydroxyl groups is 1. The van der Waals surface area contributed by atoms with E-state index < -0.39 is 0 Å². The Kier molecular flexibility index (Phi) is 4.82. The fraction of sp³-hybridized carbons (Fsp3) is 0.692. The summed E-state index contributed by atoms with van der Waals surface area (Å²) in [5.41, 5.74) is 1.09. The molecule has 0 aromatic carbocycles. The van der Waals surface area contributed by atoms with Gasteiger partial charge in [0.1, 0.15) is 0 Å². The Labute approximate surface area is 102 Å². The van der Waals surface area contributed by atoms with Gasteiger partial charge in [-0.15, -0.1) is 0 Å². The zero-order chi connectivity index (χ0) is 11.2. The van der Waals surface area contributed by atoms with Gasteiger partial charge in [-0.3, -0.25) is 0 Å². The van der Waals surface area contributed by atoms with Crippen molar-refractivity contribution in [3.8, 4) is 0 Å². The Balaban J connectivity index is 1.63. The third kappa shape index (κ3) is 3.58. The lowest BCUT2D eigenvalue weighted by molar-refractivity contribution is 0.151. The van der Waals surface area contributed by atoms with Crippen molar-refractivity contribution in [2.24, 2.45) is 0 Å². The third-order valence-corrected chi connectivity index (χ3v) is 4.03. The van der Waals surface area contributed by atoms with Crippen molar-refractivity contribution in [3.05, 3.63) is 22.4 Å². The predicted octanol–water partition coefficient (Wildman–Crippen LogP) is 3.05. The molecule has 2 rings (SSSR count). The average molecular weight is 239 g/mol. The molecule has 2 heterocycles. The first-order chi connectivity index (χ1) is 7.86. The molecule has 2 nitrogen and oxygen atoms in total. The molecule has 0 bridgehead atoms. The molecule has 1 N–H and O–H groups in total. The Morgan fingerprint density at radius 2 is 2.12 bits per heavy atom. The van der Waals surface area contributed by atoms with Gasteiger partial charge >= 0.3 is 0 Å². The number of rotatable bonds is 5. The summed E-state index contributed by atoms with van der Waals surface area (Å²) >= 11 is 1.66. The van der Waals surface area contributed by atoms with Crippen molar-refractivity contribution in [2.45, 2.75) is 38.2 Å². The van der Waals surface area contributed by atoms with Gasteiger partial charge in [0.2, 0.25) is 0 Å². The molecule has 16 heavy (non-hydrogen) atoms. The molecule has 1 aliphatic rings. The number of aliphatic hydroxyl groups excluding tert-OH is 1. The van der Waals surface area contributed by atoms with Crippen LogP contribution in [0.1, 0.15) is 43.8 Å². The maximum absolute atomic E-state index is 9.93. The minimum atomic E-state index is -0.254. The Morgan fingerprint density at radius 1 is 1.31 bits per heavy atom. The lowest BCUT2D eigenvalue weighted by Crippen LogP contribution is -2.30. The summed E-state index contributed by atoms with van der Waals surface area (Å²) in [5, 5.41) is 14.0. The molecule has 1 saturated heterocycles. The number of hydrogen-bond donors (Lipinski definition) is 1. The van der Waals surface area contributed by atoms with Crippen LogP contribution in [0.4, 0.5) is 0 Å². The normalized spacial score (nSPS) is 19.8. The van der Waals surface area contributed by atoms with E-state index in [-0.39, 0.29) is 6.10 Å². The van der Waals surface area contributed by atoms with E-state index in [4.69, 9.17) is 0 Å². The molecule has 90 valence electrons. The molecule has 0 saturated carbocycles. The van der Waals surface area contributed by atoms with Crippen LogP contribution in [0.5, 0.6) is 0 Å². The minimum absolute atomic E-state index is 0.254. The van der Waals surface area contributed by atoms with Gasteiger partial charge < -0.3 is 10.0 Å². The zero-order valence-electron chi connectivity index (χ0n) is 9.77. The lowest BCUT2D eigenvalue weighted by atomic mass is 10.1. The first-order valence-corrected chi connectivity index (χ1v) is 7.23. The second kappa shape index (κ2) is 6.38. The van der Waals surface area contributed by atoms with E-state index in [1.54, 1.807) is 11.3 Å². The SMILES string of the molecule is OC(CCCN1CCCCC1)c1ccsc1. The standard InChI is InChI=1S/C13H21NOS/c15-13(12-6-10-16-11-12)5-4-9-14-7-2-1-3-8-14/h6,10-11,13,15H,1-5,7-9H2. The largest absolute Gasteiger partial charge is 0.388 e. The van der Waals surface area contributed by atoms with E-state index in [0.29, 0.717) is 0 Å². The molecule has 1 aromatic heterocycles. The highest BCUT2D eigenvalue weighted by Crippen LogP contribution is 2.21. The van der Waals surface area contributed by atoms with Crippen molar-refractivity contribution in [1.29, 1.82) is 0 Å². The van der Waals surface area contributed by atoms with E-state index >= 15 is 0 Å². The first-order valence-electron chi connectivity index (χ1n) is 6.29. The highest BCUT2D eigenvalue weighted by molar-refractivity contribution is 7.07. The molecule has 0 radical (unpaired) electrons. The van der Waals surface area contributed by atoms with Crippen LogP contribution in [0.2, 0.25) is 0 Å². The van der Waals surface area contributed by atoms with Gasteiger partial charge in [0.15, 0.2) is 0 Å². The molecular weight excluding hydrogens is 218 g/mol. The molecule has 1 aromatic rings. The van der Waals surface area contributed by atoms with Gasteiger partial charge in [0.05, 0.1) is 6.10 Å². The van der Waals surface area contributed by atoms with Crippen molar-refractivity contribution in [3.63, 3.8) is 0 Å². The number of piperidine rings is 1. The highest BCUT2D eigenvalue weighted by Gasteiger charge is 2.11. The van der Waals surface area contributed by atoms with Crippen molar-refractivity contribution >= 4 is 11.3 Å². The van der Waals surface area contributed by atoms with Crippen LogP contribution < -0.4 is 0 Å². The number of likely N-dealkylation sites (tertiary alicyclic amines) is 1. The molecule has 1 aliphatic heterocycles. The summed E-state index contributed by atoms with van der Waals surface area (Å²) in [6.45, 7) is 3.67. The van der Waals surface area contributed by atoms with E-state index in [2.05, 4.69) is 4.90 Å². The summed E-state index contributed by atoms with van der Waals surface area (Å²) < 4.78 is 0. The monoisotopic (exact) mass is 239 g/mol. The van der Waals surface area contributed by atoms with Gasteiger partial charge in [-0.1, -0.05) is 6.42 Å². The summed E-state index contributed by atoms with van der Waals surface area (Å²) in [5.74, 6) is 0. The molecule has 0 spiro atoms. The smallest absolute Gasteiger partial charge is 0.0798 e. The van der Waals surface area contributed by atoms with Gasteiger partial charge in [0, 0.05) is 0 Å². The summed E-state index contributed by atoms with van der Waals surface area (Å²) in [6, 6.07) is 2.02. The van der Waals surface area contributed by atoms with Crippen LogP contribution in [-0.2, 0) is 0 Å². The fourth-order valence-corrected chi connectivity index (χ4v) is 3.03. The van der Waals surface area contributed by atoms with E-state index in [9.17, 15) is 5.11 Å².